The van der Waals surface area contributed by atoms with Gasteiger partial charge in [0.05, 0.1) is 11.9 Å². The maximum atomic E-state index is 12.1. The lowest BCUT2D eigenvalue weighted by molar-refractivity contribution is 0.457. The van der Waals surface area contributed by atoms with Crippen LogP contribution in [0.25, 0.3) is 0 Å². The molecule has 0 aromatic carbocycles. The number of aromatic nitrogens is 2. The van der Waals surface area contributed by atoms with Crippen LogP contribution in [-0.2, 0) is 6.54 Å². The van der Waals surface area contributed by atoms with E-state index in [2.05, 4.69) is 45.0 Å². The summed E-state index contributed by atoms with van der Waals surface area (Å²) in [5.41, 5.74) is 0.815. The van der Waals surface area contributed by atoms with Gasteiger partial charge in [0.15, 0.2) is 0 Å². The maximum absolute atomic E-state index is 12.1. The van der Waals surface area contributed by atoms with Gasteiger partial charge in [-0.05, 0) is 17.3 Å². The zero-order valence-electron chi connectivity index (χ0n) is 13.0. The molecule has 0 saturated heterocycles. The Labute approximate surface area is 125 Å². The van der Waals surface area contributed by atoms with Crippen molar-refractivity contribution >= 4 is 17.3 Å². The highest BCUT2D eigenvalue weighted by molar-refractivity contribution is 6.32. The fraction of sp³-hybridized carbons (Fsp3) is 0.733. The van der Waals surface area contributed by atoms with Crippen molar-refractivity contribution in [3.63, 3.8) is 0 Å². The smallest absolute Gasteiger partial charge is 0.287 e. The van der Waals surface area contributed by atoms with Crippen LogP contribution in [0.1, 0.15) is 47.5 Å². The van der Waals surface area contributed by atoms with Crippen LogP contribution < -0.4 is 10.9 Å². The van der Waals surface area contributed by atoms with E-state index in [4.69, 9.17) is 11.6 Å². The molecule has 0 atom stereocenters. The second kappa shape index (κ2) is 5.06. The molecule has 0 amide bonds. The van der Waals surface area contributed by atoms with E-state index in [1.54, 1.807) is 6.20 Å². The van der Waals surface area contributed by atoms with Crippen LogP contribution in [0.5, 0.6) is 0 Å². The number of hydrogen-bond acceptors (Lipinski definition) is 3. The number of rotatable bonds is 5. The monoisotopic (exact) mass is 297 g/mol. The fourth-order valence-electron chi connectivity index (χ4n) is 2.75. The summed E-state index contributed by atoms with van der Waals surface area (Å²) >= 11 is 6.20. The minimum Gasteiger partial charge on any atom is -0.379 e. The minimum absolute atomic E-state index is 0.188. The number of halogens is 1. The van der Waals surface area contributed by atoms with Crippen molar-refractivity contribution in [2.24, 2.45) is 10.8 Å². The zero-order chi connectivity index (χ0) is 15.1. The fourth-order valence-corrected chi connectivity index (χ4v) is 2.95. The predicted octanol–water partition coefficient (Wildman–Crippen LogP) is 3.54. The standard InChI is InChI=1S/C15H24ClN3O/c1-6-7-8-19-12(20)11(16)10(9-17-19)18-13-14(2,3)15(13,4)5/h9,13,18H,6-8H2,1-5H3. The van der Waals surface area contributed by atoms with Crippen molar-refractivity contribution in [1.29, 1.82) is 0 Å². The molecule has 4 nitrogen and oxygen atoms in total. The van der Waals surface area contributed by atoms with Gasteiger partial charge in [0.25, 0.3) is 5.56 Å². The molecule has 1 aliphatic carbocycles. The van der Waals surface area contributed by atoms with Gasteiger partial charge in [0, 0.05) is 12.6 Å². The first kappa shape index (κ1) is 15.4. The largest absolute Gasteiger partial charge is 0.379 e. The normalized spacial score (nSPS) is 19.9. The number of anilines is 1. The van der Waals surface area contributed by atoms with Gasteiger partial charge in [-0.25, -0.2) is 4.68 Å². The van der Waals surface area contributed by atoms with Crippen LogP contribution >= 0.6 is 11.6 Å². The number of nitrogens with one attached hydrogen (secondary N) is 1. The molecule has 5 heteroatoms. The van der Waals surface area contributed by atoms with Crippen LogP contribution in [0.3, 0.4) is 0 Å². The average molecular weight is 298 g/mol. The first-order chi connectivity index (χ1) is 9.23. The number of hydrogen-bond donors (Lipinski definition) is 1. The lowest BCUT2D eigenvalue weighted by Gasteiger charge is -2.11. The molecule has 20 heavy (non-hydrogen) atoms. The van der Waals surface area contributed by atoms with Crippen LogP contribution in [0.15, 0.2) is 11.0 Å². The average Bonchev–Trinajstić information content (AvgIpc) is 2.76. The van der Waals surface area contributed by atoms with Crippen LogP contribution in [0.4, 0.5) is 5.69 Å². The molecule has 0 aliphatic heterocycles. The second-order valence-corrected chi connectivity index (χ2v) is 7.15. The number of aryl methyl sites for hydroxylation is 1. The topological polar surface area (TPSA) is 46.9 Å². The highest BCUT2D eigenvalue weighted by Crippen LogP contribution is 2.63. The van der Waals surface area contributed by atoms with Crippen molar-refractivity contribution in [3.05, 3.63) is 21.6 Å². The molecule has 112 valence electrons. The Hall–Kier alpha value is -1.03. The van der Waals surface area contributed by atoms with Crippen molar-refractivity contribution in [2.75, 3.05) is 5.32 Å². The van der Waals surface area contributed by atoms with E-state index < -0.39 is 0 Å². The Morgan fingerprint density at radius 1 is 1.35 bits per heavy atom. The molecule has 1 aromatic heterocycles. The van der Waals surface area contributed by atoms with Gasteiger partial charge in [0.1, 0.15) is 5.02 Å². The Morgan fingerprint density at radius 2 is 1.95 bits per heavy atom. The van der Waals surface area contributed by atoms with Crippen molar-refractivity contribution in [3.8, 4) is 0 Å². The summed E-state index contributed by atoms with van der Waals surface area (Å²) in [4.78, 5) is 12.1. The molecule has 0 unspecified atom stereocenters. The van der Waals surface area contributed by atoms with E-state index in [1.165, 1.54) is 4.68 Å². The predicted molar refractivity (Wildman–Crippen MR) is 83.4 cm³/mol. The maximum Gasteiger partial charge on any atom is 0.287 e. The lowest BCUT2D eigenvalue weighted by Crippen LogP contribution is -2.25. The minimum atomic E-state index is -0.207. The third-order valence-corrected chi connectivity index (χ3v) is 5.39. The van der Waals surface area contributed by atoms with Crippen molar-refractivity contribution < 1.29 is 0 Å². The van der Waals surface area contributed by atoms with E-state index in [9.17, 15) is 4.79 Å². The van der Waals surface area contributed by atoms with Gasteiger partial charge in [-0.3, -0.25) is 4.79 Å². The summed E-state index contributed by atoms with van der Waals surface area (Å²) in [7, 11) is 0. The molecule has 1 N–H and O–H groups in total. The summed E-state index contributed by atoms with van der Waals surface area (Å²) in [6.07, 6.45) is 3.62. The van der Waals surface area contributed by atoms with Gasteiger partial charge >= 0.3 is 0 Å². The Kier molecular flexibility index (Phi) is 3.89. The van der Waals surface area contributed by atoms with Gasteiger partial charge in [-0.15, -0.1) is 0 Å². The van der Waals surface area contributed by atoms with E-state index in [0.29, 0.717) is 18.3 Å². The summed E-state index contributed by atoms with van der Waals surface area (Å²) in [6.45, 7) is 11.6. The zero-order valence-corrected chi connectivity index (χ0v) is 13.7. The molecule has 0 bridgehead atoms. The highest BCUT2D eigenvalue weighted by Gasteiger charge is 2.65. The van der Waals surface area contributed by atoms with Gasteiger partial charge in [-0.1, -0.05) is 52.6 Å². The molecular weight excluding hydrogens is 274 g/mol. The summed E-state index contributed by atoms with van der Waals surface area (Å²) < 4.78 is 1.44. The molecule has 1 saturated carbocycles. The van der Waals surface area contributed by atoms with Gasteiger partial charge in [-0.2, -0.15) is 5.10 Å². The highest BCUT2D eigenvalue weighted by atomic mass is 35.5. The van der Waals surface area contributed by atoms with E-state index in [-0.39, 0.29) is 21.4 Å². The lowest BCUT2D eigenvalue weighted by atomic mass is 10.0. The van der Waals surface area contributed by atoms with Crippen molar-refractivity contribution in [1.82, 2.24) is 9.78 Å². The molecule has 0 radical (unpaired) electrons. The van der Waals surface area contributed by atoms with E-state index in [0.717, 1.165) is 12.8 Å². The molecular formula is C15H24ClN3O. The van der Waals surface area contributed by atoms with Crippen LogP contribution in [-0.4, -0.2) is 15.8 Å². The first-order valence-corrected chi connectivity index (χ1v) is 7.63. The SMILES string of the molecule is CCCCn1ncc(NC2C(C)(C)C2(C)C)c(Cl)c1=O. The summed E-state index contributed by atoms with van der Waals surface area (Å²) in [5.74, 6) is 0. The third-order valence-electron chi connectivity index (χ3n) is 5.03. The molecule has 2 rings (SSSR count). The molecule has 1 heterocycles. The Morgan fingerprint density at radius 3 is 2.45 bits per heavy atom. The number of nitrogens with zero attached hydrogens (tertiary/aromatic N) is 2. The van der Waals surface area contributed by atoms with E-state index >= 15 is 0 Å². The molecule has 1 aromatic rings. The first-order valence-electron chi connectivity index (χ1n) is 7.25. The summed E-state index contributed by atoms with van der Waals surface area (Å²) in [5, 5.41) is 7.84. The quantitative estimate of drug-likeness (QED) is 0.904. The Balaban J connectivity index is 2.19. The second-order valence-electron chi connectivity index (χ2n) is 6.77. The van der Waals surface area contributed by atoms with Crippen LogP contribution in [0, 0.1) is 10.8 Å². The molecule has 1 aliphatic rings. The number of unbranched alkanes of at least 4 members (excludes halogenated alkanes) is 1. The van der Waals surface area contributed by atoms with Crippen molar-refractivity contribution in [2.45, 2.75) is 60.0 Å². The van der Waals surface area contributed by atoms with Crippen LogP contribution in [0.2, 0.25) is 5.02 Å². The Bertz CT molecular complexity index is 549. The third kappa shape index (κ3) is 2.34. The van der Waals surface area contributed by atoms with Gasteiger partial charge in [0.2, 0.25) is 0 Å². The molecule has 0 spiro atoms. The molecule has 1 fully saturated rings. The van der Waals surface area contributed by atoms with Gasteiger partial charge < -0.3 is 5.32 Å². The van der Waals surface area contributed by atoms with E-state index in [1.807, 2.05) is 0 Å². The summed E-state index contributed by atoms with van der Waals surface area (Å²) in [6, 6.07) is 0.306.